The van der Waals surface area contributed by atoms with E-state index in [1.165, 1.54) is 7.11 Å². The van der Waals surface area contributed by atoms with E-state index >= 15 is 0 Å². The highest BCUT2D eigenvalue weighted by atomic mass is 16.8. The Kier molecular flexibility index (Phi) is 11.5. The Morgan fingerprint density at radius 2 is 1.85 bits per heavy atom. The van der Waals surface area contributed by atoms with Gasteiger partial charge in [-0.1, -0.05) is 19.9 Å². The fraction of sp³-hybridized carbons (Fsp3) is 0.778. The Morgan fingerprint density at radius 3 is 2.45 bits per heavy atom. The highest BCUT2D eigenvalue weighted by Gasteiger charge is 2.47. The molecule has 40 heavy (non-hydrogen) atoms. The van der Waals surface area contributed by atoms with Crippen LogP contribution >= 0.6 is 0 Å². The van der Waals surface area contributed by atoms with E-state index in [2.05, 4.69) is 0 Å². The van der Waals surface area contributed by atoms with E-state index in [1.54, 1.807) is 13.0 Å². The maximum Gasteiger partial charge on any atom is 0.337 e. The zero-order valence-corrected chi connectivity index (χ0v) is 23.2. The summed E-state index contributed by atoms with van der Waals surface area (Å²) in [5.41, 5.74) is 0.339. The van der Waals surface area contributed by atoms with E-state index in [0.29, 0.717) is 12.0 Å². The van der Waals surface area contributed by atoms with E-state index in [0.717, 1.165) is 6.26 Å². The first-order chi connectivity index (χ1) is 19.0. The Hall–Kier alpha value is -2.10. The van der Waals surface area contributed by atoms with E-state index in [9.17, 15) is 40.2 Å². The first kappa shape index (κ1) is 32.4. The van der Waals surface area contributed by atoms with Gasteiger partial charge in [0.15, 0.2) is 6.29 Å². The van der Waals surface area contributed by atoms with Gasteiger partial charge >= 0.3 is 11.9 Å². The Balaban J connectivity index is 1.75. The number of carbonyl (C=O) groups is 2. The molecule has 0 aromatic rings. The normalized spacial score (nSPS) is 39.8. The smallest absolute Gasteiger partial charge is 0.337 e. The molecular formula is C27H42O13. The van der Waals surface area contributed by atoms with Crippen LogP contribution in [0.1, 0.15) is 33.6 Å². The quantitative estimate of drug-likeness (QED) is 0.137. The highest BCUT2D eigenvalue weighted by Crippen LogP contribution is 2.42. The lowest BCUT2D eigenvalue weighted by atomic mass is 9.83. The third-order valence-electron chi connectivity index (χ3n) is 8.40. The van der Waals surface area contributed by atoms with Crippen LogP contribution < -0.4 is 0 Å². The van der Waals surface area contributed by atoms with Gasteiger partial charge in [-0.2, -0.15) is 0 Å². The lowest BCUT2D eigenvalue weighted by molar-refractivity contribution is -0.327. The number of allylic oxidation sites excluding steroid dienone is 1. The van der Waals surface area contributed by atoms with Crippen molar-refractivity contribution in [3.63, 3.8) is 0 Å². The van der Waals surface area contributed by atoms with Crippen molar-refractivity contribution in [3.05, 3.63) is 23.5 Å². The van der Waals surface area contributed by atoms with Crippen molar-refractivity contribution in [1.82, 2.24) is 0 Å². The van der Waals surface area contributed by atoms with Crippen molar-refractivity contribution < 1.29 is 63.9 Å². The van der Waals surface area contributed by atoms with Crippen LogP contribution in [0.2, 0.25) is 0 Å². The average molecular weight is 575 g/mol. The van der Waals surface area contributed by atoms with Crippen molar-refractivity contribution in [1.29, 1.82) is 0 Å². The third kappa shape index (κ3) is 6.85. The van der Waals surface area contributed by atoms with Crippen LogP contribution in [0.15, 0.2) is 23.5 Å². The molecule has 13 heteroatoms. The molecule has 2 aliphatic heterocycles. The van der Waals surface area contributed by atoms with Crippen molar-refractivity contribution >= 4 is 11.9 Å². The number of methoxy groups -OCH3 is 1. The molecule has 0 radical (unpaired) electrons. The van der Waals surface area contributed by atoms with Gasteiger partial charge in [0.2, 0.25) is 6.29 Å². The summed E-state index contributed by atoms with van der Waals surface area (Å²) in [5, 5.41) is 59.9. The molecule has 0 bridgehead atoms. The molecule has 1 unspecified atom stereocenters. The van der Waals surface area contributed by atoms with Gasteiger partial charge in [0.05, 0.1) is 44.7 Å². The van der Waals surface area contributed by atoms with E-state index in [-0.39, 0.29) is 48.9 Å². The van der Waals surface area contributed by atoms with Gasteiger partial charge in [-0.15, -0.1) is 0 Å². The van der Waals surface area contributed by atoms with E-state index in [1.807, 2.05) is 13.8 Å². The predicted octanol–water partition coefficient (Wildman–Crippen LogP) is -1.03. The van der Waals surface area contributed by atoms with Crippen LogP contribution in [0.25, 0.3) is 0 Å². The largest absolute Gasteiger partial charge is 0.468 e. The third-order valence-corrected chi connectivity index (χ3v) is 8.40. The molecule has 0 spiro atoms. The molecule has 0 amide bonds. The molecule has 2 fully saturated rings. The number of ether oxygens (including phenoxy) is 5. The van der Waals surface area contributed by atoms with Gasteiger partial charge in [0.1, 0.15) is 24.4 Å². The number of rotatable bonds is 10. The first-order valence-electron chi connectivity index (χ1n) is 13.5. The fourth-order valence-electron chi connectivity index (χ4n) is 5.75. The van der Waals surface area contributed by atoms with Crippen molar-refractivity contribution in [2.24, 2.45) is 29.6 Å². The Labute approximate surface area is 232 Å². The second-order valence-corrected chi connectivity index (χ2v) is 10.7. The summed E-state index contributed by atoms with van der Waals surface area (Å²) in [7, 11) is 1.18. The van der Waals surface area contributed by atoms with Crippen LogP contribution in [0, 0.1) is 29.6 Å². The molecule has 3 aliphatic rings. The number of esters is 2. The fourth-order valence-corrected chi connectivity index (χ4v) is 5.75. The summed E-state index contributed by atoms with van der Waals surface area (Å²) in [6.07, 6.45) is -6.64. The molecule has 6 N–H and O–H groups in total. The van der Waals surface area contributed by atoms with Crippen LogP contribution in [0.4, 0.5) is 0 Å². The summed E-state index contributed by atoms with van der Waals surface area (Å²) in [5.74, 6) is -2.67. The highest BCUT2D eigenvalue weighted by molar-refractivity contribution is 5.90. The first-order valence-corrected chi connectivity index (χ1v) is 13.5. The molecule has 13 nitrogen and oxygen atoms in total. The molecule has 228 valence electrons. The predicted molar refractivity (Wildman–Crippen MR) is 136 cm³/mol. The molecule has 3 rings (SSSR count). The zero-order valence-electron chi connectivity index (χ0n) is 23.2. The molecule has 1 aliphatic carbocycles. The molecule has 1 saturated carbocycles. The monoisotopic (exact) mass is 574 g/mol. The van der Waals surface area contributed by atoms with Gasteiger partial charge in [0, 0.05) is 24.0 Å². The number of hydrogen-bond acceptors (Lipinski definition) is 13. The SMILES string of the molecule is C/C=C1\[C@H](O[C@@H]2O[C@H](CO)[C@@H](O)[C@H](O)[C@H]2O)OC=C(C(=O)OC)[C@H]1CC(=O)OC[C@@H]1[C@@H](C)[C@H](O)C[C@H]1C(C)CO. The van der Waals surface area contributed by atoms with E-state index in [4.69, 9.17) is 23.7 Å². The number of aliphatic hydroxyl groups excluding tert-OH is 6. The standard InChI is InChI=1S/C27H42O13/c1-5-14-16(7-21(31)37-10-17-13(3)19(30)6-15(17)12(2)8-28)18(25(35)36-4)11-38-26(14)40-27-24(34)23(33)22(32)20(9-29)39-27/h5,11-13,15-17,19-20,22-24,26-30,32-34H,6-10H2,1-4H3/b14-5-/t12?,13-,15+,16+,17-,19-,20-,22-,23+,24-,26+,27+/m1/s1. The van der Waals surface area contributed by atoms with E-state index < -0.39 is 67.6 Å². The zero-order chi connectivity index (χ0) is 29.7. The van der Waals surface area contributed by atoms with Crippen molar-refractivity contribution in [2.75, 3.05) is 26.9 Å². The summed E-state index contributed by atoms with van der Waals surface area (Å²) < 4.78 is 27.2. The second-order valence-electron chi connectivity index (χ2n) is 10.7. The van der Waals surface area contributed by atoms with Crippen LogP contribution in [0.3, 0.4) is 0 Å². The van der Waals surface area contributed by atoms with Crippen LogP contribution in [-0.4, -0.2) is 113 Å². The van der Waals surface area contributed by atoms with Crippen LogP contribution in [0.5, 0.6) is 0 Å². The maximum atomic E-state index is 13.1. The molecule has 0 aromatic carbocycles. The van der Waals surface area contributed by atoms with Gasteiger partial charge < -0.3 is 54.3 Å². The molecule has 2 heterocycles. The second kappa shape index (κ2) is 14.2. The Morgan fingerprint density at radius 1 is 1.15 bits per heavy atom. The van der Waals surface area contributed by atoms with Gasteiger partial charge in [-0.05, 0) is 31.1 Å². The molecular weight excluding hydrogens is 532 g/mol. The molecule has 0 aromatic heterocycles. The average Bonchev–Trinajstić information content (AvgIpc) is 3.24. The number of aliphatic hydroxyl groups is 6. The van der Waals surface area contributed by atoms with Crippen molar-refractivity contribution in [3.8, 4) is 0 Å². The summed E-state index contributed by atoms with van der Waals surface area (Å²) >= 11 is 0. The van der Waals surface area contributed by atoms with Gasteiger partial charge in [0.25, 0.3) is 0 Å². The topological polar surface area (TPSA) is 202 Å². The number of hydrogen-bond donors (Lipinski definition) is 6. The summed E-state index contributed by atoms with van der Waals surface area (Å²) in [6, 6.07) is 0. The molecule has 1 saturated heterocycles. The van der Waals surface area contributed by atoms with Gasteiger partial charge in [-0.25, -0.2) is 4.79 Å². The van der Waals surface area contributed by atoms with Crippen molar-refractivity contribution in [2.45, 2.75) is 76.7 Å². The number of carbonyl (C=O) groups excluding carboxylic acids is 2. The Bertz CT molecular complexity index is 933. The minimum absolute atomic E-state index is 0.0256. The van der Waals surface area contributed by atoms with Gasteiger partial charge in [-0.3, -0.25) is 4.79 Å². The summed E-state index contributed by atoms with van der Waals surface area (Å²) in [4.78, 5) is 25.6. The van der Waals surface area contributed by atoms with Crippen LogP contribution in [-0.2, 0) is 33.3 Å². The lowest BCUT2D eigenvalue weighted by Gasteiger charge is -2.41. The lowest BCUT2D eigenvalue weighted by Crippen LogP contribution is -2.60. The maximum absolute atomic E-state index is 13.1. The minimum atomic E-state index is -1.69. The summed E-state index contributed by atoms with van der Waals surface area (Å²) in [6.45, 7) is 4.72. The molecule has 12 atom stereocenters. The minimum Gasteiger partial charge on any atom is -0.468 e.